The lowest BCUT2D eigenvalue weighted by molar-refractivity contribution is 0.328. The van der Waals surface area contributed by atoms with Gasteiger partial charge in [-0.15, -0.1) is 0 Å². The summed E-state index contributed by atoms with van der Waals surface area (Å²) in [6.45, 7) is 2.35. The molecule has 4 rings (SSSR count). The van der Waals surface area contributed by atoms with Crippen LogP contribution < -0.4 is 9.47 Å². The molecule has 4 aromatic rings. The van der Waals surface area contributed by atoms with Gasteiger partial charge < -0.3 is 14.0 Å². The van der Waals surface area contributed by atoms with Crippen molar-refractivity contribution >= 4 is 11.6 Å². The highest BCUT2D eigenvalue weighted by atomic mass is 35.5. The summed E-state index contributed by atoms with van der Waals surface area (Å²) >= 11 is 6.23. The number of hydrogen-bond donors (Lipinski definition) is 0. The molecule has 0 radical (unpaired) electrons. The van der Waals surface area contributed by atoms with E-state index < -0.39 is 0 Å². The number of ether oxygens (including phenoxy) is 2. The van der Waals surface area contributed by atoms with Crippen molar-refractivity contribution in [2.75, 3.05) is 13.7 Å². The Morgan fingerprint density at radius 1 is 0.966 bits per heavy atom. The van der Waals surface area contributed by atoms with Crippen LogP contribution in [0.15, 0.2) is 65.2 Å². The number of halogens is 1. The number of pyridine rings is 1. The van der Waals surface area contributed by atoms with Crippen molar-refractivity contribution in [3.63, 3.8) is 0 Å². The van der Waals surface area contributed by atoms with Crippen molar-refractivity contribution < 1.29 is 14.0 Å². The maximum absolute atomic E-state index is 6.23. The van der Waals surface area contributed by atoms with Crippen LogP contribution in [-0.4, -0.2) is 28.8 Å². The predicted molar refractivity (Wildman–Crippen MR) is 111 cm³/mol. The van der Waals surface area contributed by atoms with E-state index in [1.54, 1.807) is 13.2 Å². The molecule has 0 N–H and O–H groups in total. The molecule has 0 saturated carbocycles. The van der Waals surface area contributed by atoms with Gasteiger partial charge in [-0.25, -0.2) is 4.98 Å². The third kappa shape index (κ3) is 3.93. The molecule has 29 heavy (non-hydrogen) atoms. The molecule has 0 fully saturated rings. The van der Waals surface area contributed by atoms with Crippen molar-refractivity contribution in [1.29, 1.82) is 0 Å². The van der Waals surface area contributed by atoms with E-state index >= 15 is 0 Å². The van der Waals surface area contributed by atoms with Crippen LogP contribution in [0.25, 0.3) is 34.1 Å². The summed E-state index contributed by atoms with van der Waals surface area (Å²) in [6.07, 6.45) is 0. The molecule has 0 saturated heterocycles. The van der Waals surface area contributed by atoms with E-state index in [9.17, 15) is 0 Å². The first kappa shape index (κ1) is 19.0. The maximum atomic E-state index is 6.23. The Labute approximate surface area is 173 Å². The molecule has 2 aromatic heterocycles. The van der Waals surface area contributed by atoms with Gasteiger partial charge in [0.15, 0.2) is 0 Å². The quantitative estimate of drug-likeness (QED) is 0.418. The average Bonchev–Trinajstić information content (AvgIpc) is 3.24. The zero-order valence-electron chi connectivity index (χ0n) is 15.9. The van der Waals surface area contributed by atoms with Crippen molar-refractivity contribution in [2.45, 2.75) is 6.92 Å². The predicted octanol–water partition coefficient (Wildman–Crippen LogP) is 5.53. The number of methoxy groups -OCH3 is 1. The van der Waals surface area contributed by atoms with Crippen LogP contribution in [0, 0.1) is 0 Å². The van der Waals surface area contributed by atoms with Gasteiger partial charge in [0.1, 0.15) is 5.75 Å². The van der Waals surface area contributed by atoms with Gasteiger partial charge >= 0.3 is 0 Å². The van der Waals surface area contributed by atoms with Gasteiger partial charge in [-0.3, -0.25) is 0 Å². The lowest BCUT2D eigenvalue weighted by atomic mass is 10.1. The molecule has 0 bridgehead atoms. The van der Waals surface area contributed by atoms with E-state index in [1.165, 1.54) is 0 Å². The van der Waals surface area contributed by atoms with Crippen molar-refractivity contribution in [1.82, 2.24) is 15.1 Å². The summed E-state index contributed by atoms with van der Waals surface area (Å²) in [5, 5.41) is 4.63. The molecule has 0 atom stereocenters. The third-order valence-corrected chi connectivity index (χ3v) is 4.61. The van der Waals surface area contributed by atoms with Gasteiger partial charge in [0.05, 0.1) is 35.6 Å². The molecule has 7 heteroatoms. The molecule has 0 amide bonds. The van der Waals surface area contributed by atoms with Gasteiger partial charge in [-0.05, 0) is 43.3 Å². The van der Waals surface area contributed by atoms with E-state index in [-0.39, 0.29) is 0 Å². The van der Waals surface area contributed by atoms with Crippen LogP contribution in [0.1, 0.15) is 6.92 Å². The first-order valence-corrected chi connectivity index (χ1v) is 9.44. The van der Waals surface area contributed by atoms with Crippen LogP contribution in [0.4, 0.5) is 0 Å². The Kier molecular flexibility index (Phi) is 5.44. The number of rotatable bonds is 6. The van der Waals surface area contributed by atoms with Gasteiger partial charge in [0.2, 0.25) is 11.7 Å². The summed E-state index contributed by atoms with van der Waals surface area (Å²) < 4.78 is 16.5. The van der Waals surface area contributed by atoms with E-state index in [4.69, 9.17) is 25.6 Å². The lowest BCUT2D eigenvalue weighted by Gasteiger charge is -2.09. The summed E-state index contributed by atoms with van der Waals surface area (Å²) in [5.74, 6) is 1.91. The van der Waals surface area contributed by atoms with Crippen LogP contribution in [0.2, 0.25) is 5.02 Å². The summed E-state index contributed by atoms with van der Waals surface area (Å²) in [6, 6.07) is 18.7. The number of hydrogen-bond acceptors (Lipinski definition) is 6. The SMILES string of the molecule is CCOc1nc(-c2cccc(OC)c2)ccc1-c1noc(-c2ccccc2Cl)n1. The Morgan fingerprint density at radius 2 is 1.83 bits per heavy atom. The lowest BCUT2D eigenvalue weighted by Crippen LogP contribution is -1.99. The largest absolute Gasteiger partial charge is 0.497 e. The van der Waals surface area contributed by atoms with Crippen LogP contribution >= 0.6 is 11.6 Å². The van der Waals surface area contributed by atoms with Gasteiger partial charge in [0, 0.05) is 5.56 Å². The molecule has 2 heterocycles. The second-order valence-electron chi connectivity index (χ2n) is 6.12. The van der Waals surface area contributed by atoms with E-state index in [2.05, 4.69) is 15.1 Å². The minimum atomic E-state index is 0.338. The Morgan fingerprint density at radius 3 is 2.62 bits per heavy atom. The first-order valence-electron chi connectivity index (χ1n) is 9.07. The normalized spacial score (nSPS) is 10.7. The minimum absolute atomic E-state index is 0.338. The third-order valence-electron chi connectivity index (χ3n) is 4.28. The van der Waals surface area contributed by atoms with Crippen LogP contribution in [0.5, 0.6) is 11.6 Å². The van der Waals surface area contributed by atoms with E-state index in [1.807, 2.05) is 61.5 Å². The van der Waals surface area contributed by atoms with Crippen LogP contribution in [0.3, 0.4) is 0 Å². The molecule has 0 aliphatic rings. The smallest absolute Gasteiger partial charge is 0.259 e. The highest BCUT2D eigenvalue weighted by molar-refractivity contribution is 6.33. The summed E-state index contributed by atoms with van der Waals surface area (Å²) in [7, 11) is 1.63. The second-order valence-corrected chi connectivity index (χ2v) is 6.52. The van der Waals surface area contributed by atoms with E-state index in [0.717, 1.165) is 17.0 Å². The molecule has 2 aromatic carbocycles. The average molecular weight is 408 g/mol. The Bertz CT molecular complexity index is 1140. The fourth-order valence-electron chi connectivity index (χ4n) is 2.88. The molecule has 0 aliphatic carbocycles. The second kappa shape index (κ2) is 8.32. The summed E-state index contributed by atoms with van der Waals surface area (Å²) in [5.41, 5.74) is 2.99. The highest BCUT2D eigenvalue weighted by Gasteiger charge is 2.18. The van der Waals surface area contributed by atoms with Crippen molar-refractivity contribution in [2.24, 2.45) is 0 Å². The maximum Gasteiger partial charge on any atom is 0.259 e. The molecular formula is C22H18ClN3O3. The Balaban J connectivity index is 1.73. The zero-order valence-corrected chi connectivity index (χ0v) is 16.7. The fraction of sp³-hybridized carbons (Fsp3) is 0.136. The highest BCUT2D eigenvalue weighted by Crippen LogP contribution is 2.33. The van der Waals surface area contributed by atoms with Gasteiger partial charge in [-0.1, -0.05) is 41.0 Å². The monoisotopic (exact) mass is 407 g/mol. The standard InChI is InChI=1S/C22H18ClN3O3/c1-3-28-21-17(11-12-19(24-21)14-7-6-8-15(13-14)27-2)20-25-22(29-26-20)16-9-4-5-10-18(16)23/h4-13H,3H2,1-2H3. The summed E-state index contributed by atoms with van der Waals surface area (Å²) in [4.78, 5) is 9.14. The molecule has 0 unspecified atom stereocenters. The van der Waals surface area contributed by atoms with Crippen molar-refractivity contribution in [3.8, 4) is 45.7 Å². The fourth-order valence-corrected chi connectivity index (χ4v) is 3.09. The topological polar surface area (TPSA) is 70.3 Å². The number of nitrogens with zero attached hydrogens (tertiary/aromatic N) is 3. The molecule has 0 spiro atoms. The number of aromatic nitrogens is 3. The van der Waals surface area contributed by atoms with Crippen LogP contribution in [-0.2, 0) is 0 Å². The number of benzene rings is 2. The van der Waals surface area contributed by atoms with Gasteiger partial charge in [-0.2, -0.15) is 4.98 Å². The molecule has 6 nitrogen and oxygen atoms in total. The molecule has 146 valence electrons. The first-order chi connectivity index (χ1) is 14.2. The van der Waals surface area contributed by atoms with E-state index in [0.29, 0.717) is 40.4 Å². The molecular weight excluding hydrogens is 390 g/mol. The molecule has 0 aliphatic heterocycles. The zero-order chi connectivity index (χ0) is 20.2. The van der Waals surface area contributed by atoms with Crippen molar-refractivity contribution in [3.05, 3.63) is 65.7 Å². The minimum Gasteiger partial charge on any atom is -0.497 e. The van der Waals surface area contributed by atoms with Gasteiger partial charge in [0.25, 0.3) is 5.89 Å². The Hall–Kier alpha value is -3.38.